The lowest BCUT2D eigenvalue weighted by atomic mass is 10.3. The molecule has 26 heavy (non-hydrogen) atoms. The summed E-state index contributed by atoms with van der Waals surface area (Å²) in [6.45, 7) is 0. The molecule has 0 aliphatic rings. The SMILES string of the molecule is COc1ccc2c(c1)nc(-c1cccc(Nc3ccc(F)cn3)n1)n2C. The Bertz CT molecular complexity index is 1080. The van der Waals surface area contributed by atoms with Crippen LogP contribution >= 0.6 is 0 Å². The average Bonchev–Trinajstić information content (AvgIpc) is 3.00. The van der Waals surface area contributed by atoms with E-state index in [1.807, 2.05) is 48.0 Å². The number of hydrogen-bond acceptors (Lipinski definition) is 5. The van der Waals surface area contributed by atoms with Crippen LogP contribution in [0.3, 0.4) is 0 Å². The van der Waals surface area contributed by atoms with Crippen molar-refractivity contribution in [3.05, 3.63) is 60.5 Å². The van der Waals surface area contributed by atoms with Gasteiger partial charge in [-0.05, 0) is 36.4 Å². The molecule has 0 spiro atoms. The summed E-state index contributed by atoms with van der Waals surface area (Å²) in [6, 6.07) is 14.3. The predicted molar refractivity (Wildman–Crippen MR) is 98.0 cm³/mol. The molecular formula is C19H16FN5O. The van der Waals surface area contributed by atoms with E-state index < -0.39 is 0 Å². The van der Waals surface area contributed by atoms with Crippen LogP contribution in [-0.2, 0) is 7.05 Å². The number of aryl methyl sites for hydroxylation is 1. The third kappa shape index (κ3) is 2.95. The molecule has 0 fully saturated rings. The first-order chi connectivity index (χ1) is 12.6. The Balaban J connectivity index is 1.71. The number of ether oxygens (including phenoxy) is 1. The lowest BCUT2D eigenvalue weighted by Crippen LogP contribution is -1.99. The highest BCUT2D eigenvalue weighted by atomic mass is 19.1. The molecule has 0 aliphatic heterocycles. The maximum atomic E-state index is 13.0. The van der Waals surface area contributed by atoms with Gasteiger partial charge >= 0.3 is 0 Å². The molecule has 0 atom stereocenters. The van der Waals surface area contributed by atoms with Gasteiger partial charge < -0.3 is 14.6 Å². The van der Waals surface area contributed by atoms with Crippen molar-refractivity contribution in [1.29, 1.82) is 0 Å². The van der Waals surface area contributed by atoms with Crippen molar-refractivity contribution in [3.8, 4) is 17.3 Å². The minimum atomic E-state index is -0.382. The minimum Gasteiger partial charge on any atom is -0.497 e. The summed E-state index contributed by atoms with van der Waals surface area (Å²) >= 11 is 0. The van der Waals surface area contributed by atoms with Crippen molar-refractivity contribution in [2.24, 2.45) is 7.05 Å². The number of halogens is 1. The van der Waals surface area contributed by atoms with Gasteiger partial charge in [-0.2, -0.15) is 0 Å². The lowest BCUT2D eigenvalue weighted by Gasteiger charge is -2.07. The van der Waals surface area contributed by atoms with Gasteiger partial charge in [-0.1, -0.05) is 6.07 Å². The second-order valence-corrected chi connectivity index (χ2v) is 5.74. The highest BCUT2D eigenvalue weighted by Gasteiger charge is 2.12. The Hall–Kier alpha value is -3.48. The molecule has 0 radical (unpaired) electrons. The number of pyridine rings is 2. The van der Waals surface area contributed by atoms with Crippen molar-refractivity contribution in [2.45, 2.75) is 0 Å². The van der Waals surface area contributed by atoms with Crippen LogP contribution in [0.5, 0.6) is 5.75 Å². The predicted octanol–water partition coefficient (Wildman–Crippen LogP) is 3.92. The number of hydrogen-bond donors (Lipinski definition) is 1. The van der Waals surface area contributed by atoms with E-state index in [-0.39, 0.29) is 5.82 Å². The maximum absolute atomic E-state index is 13.0. The van der Waals surface area contributed by atoms with Crippen LogP contribution in [0.2, 0.25) is 0 Å². The standard InChI is InChI=1S/C19H16FN5O/c1-25-16-8-7-13(26-2)10-15(16)23-19(25)14-4-3-5-18(22-14)24-17-9-6-12(20)11-21-17/h3-11H,1-2H3,(H,21,22,24). The van der Waals surface area contributed by atoms with E-state index >= 15 is 0 Å². The number of rotatable bonds is 4. The number of nitrogens with one attached hydrogen (secondary N) is 1. The number of fused-ring (bicyclic) bond motifs is 1. The number of anilines is 2. The summed E-state index contributed by atoms with van der Waals surface area (Å²) in [4.78, 5) is 13.3. The van der Waals surface area contributed by atoms with E-state index in [0.29, 0.717) is 11.6 Å². The Morgan fingerprint density at radius 1 is 1.04 bits per heavy atom. The summed E-state index contributed by atoms with van der Waals surface area (Å²) in [6.07, 6.45) is 1.16. The van der Waals surface area contributed by atoms with Gasteiger partial charge in [0.1, 0.15) is 28.9 Å². The Morgan fingerprint density at radius 2 is 1.92 bits per heavy atom. The van der Waals surface area contributed by atoms with Crippen LogP contribution in [0.4, 0.5) is 16.0 Å². The van der Waals surface area contributed by atoms with E-state index in [9.17, 15) is 4.39 Å². The minimum absolute atomic E-state index is 0.382. The normalized spacial score (nSPS) is 10.9. The van der Waals surface area contributed by atoms with E-state index in [1.165, 1.54) is 6.07 Å². The number of benzene rings is 1. The van der Waals surface area contributed by atoms with Gasteiger partial charge in [0.25, 0.3) is 0 Å². The van der Waals surface area contributed by atoms with Gasteiger partial charge in [0.05, 0.1) is 24.3 Å². The lowest BCUT2D eigenvalue weighted by molar-refractivity contribution is 0.415. The summed E-state index contributed by atoms with van der Waals surface area (Å²) in [5.41, 5.74) is 2.54. The van der Waals surface area contributed by atoms with Crippen molar-refractivity contribution in [3.63, 3.8) is 0 Å². The average molecular weight is 349 g/mol. The molecule has 4 rings (SSSR count). The molecular weight excluding hydrogens is 333 g/mol. The molecule has 130 valence electrons. The Kier molecular flexibility index (Phi) is 3.96. The third-order valence-electron chi connectivity index (χ3n) is 4.05. The van der Waals surface area contributed by atoms with Gasteiger partial charge in [-0.3, -0.25) is 0 Å². The van der Waals surface area contributed by atoms with E-state index in [4.69, 9.17) is 4.74 Å². The Morgan fingerprint density at radius 3 is 2.69 bits per heavy atom. The van der Waals surface area contributed by atoms with Crippen LogP contribution < -0.4 is 10.1 Å². The van der Waals surface area contributed by atoms with E-state index in [0.717, 1.165) is 34.5 Å². The van der Waals surface area contributed by atoms with Gasteiger partial charge in [0, 0.05) is 13.1 Å². The molecule has 7 heteroatoms. The number of nitrogens with zero attached hydrogens (tertiary/aromatic N) is 4. The fraction of sp³-hybridized carbons (Fsp3) is 0.105. The third-order valence-corrected chi connectivity index (χ3v) is 4.05. The van der Waals surface area contributed by atoms with Crippen LogP contribution in [0.1, 0.15) is 0 Å². The highest BCUT2D eigenvalue weighted by molar-refractivity contribution is 5.81. The molecule has 1 N–H and O–H groups in total. The number of methoxy groups -OCH3 is 1. The Labute approximate surface area is 149 Å². The number of imidazole rings is 1. The van der Waals surface area contributed by atoms with Gasteiger partial charge in [-0.25, -0.2) is 19.3 Å². The molecule has 1 aromatic carbocycles. The molecule has 0 unspecified atom stereocenters. The zero-order chi connectivity index (χ0) is 18.1. The summed E-state index contributed by atoms with van der Waals surface area (Å²) in [7, 11) is 3.58. The van der Waals surface area contributed by atoms with Crippen LogP contribution in [0.25, 0.3) is 22.6 Å². The molecule has 0 amide bonds. The summed E-state index contributed by atoms with van der Waals surface area (Å²) in [5.74, 6) is 2.24. The topological polar surface area (TPSA) is 64.9 Å². The van der Waals surface area contributed by atoms with Crippen LogP contribution in [0.15, 0.2) is 54.7 Å². The quantitative estimate of drug-likeness (QED) is 0.605. The second-order valence-electron chi connectivity index (χ2n) is 5.74. The molecule has 0 saturated carbocycles. The van der Waals surface area contributed by atoms with Gasteiger partial charge in [0.2, 0.25) is 0 Å². The maximum Gasteiger partial charge on any atom is 0.159 e. The van der Waals surface area contributed by atoms with Crippen molar-refractivity contribution in [1.82, 2.24) is 19.5 Å². The smallest absolute Gasteiger partial charge is 0.159 e. The second kappa shape index (κ2) is 6.44. The van der Waals surface area contributed by atoms with Gasteiger partial charge in [-0.15, -0.1) is 0 Å². The van der Waals surface area contributed by atoms with Crippen molar-refractivity contribution < 1.29 is 9.13 Å². The molecule has 3 heterocycles. The van der Waals surface area contributed by atoms with Crippen LogP contribution in [-0.4, -0.2) is 26.6 Å². The first-order valence-electron chi connectivity index (χ1n) is 8.00. The highest BCUT2D eigenvalue weighted by Crippen LogP contribution is 2.26. The first kappa shape index (κ1) is 16.0. The zero-order valence-electron chi connectivity index (χ0n) is 14.3. The molecule has 0 bridgehead atoms. The summed E-state index contributed by atoms with van der Waals surface area (Å²) < 4.78 is 20.2. The van der Waals surface area contributed by atoms with E-state index in [1.54, 1.807) is 13.2 Å². The molecule has 0 saturated heterocycles. The molecule has 3 aromatic heterocycles. The molecule has 0 aliphatic carbocycles. The zero-order valence-corrected chi connectivity index (χ0v) is 14.3. The largest absolute Gasteiger partial charge is 0.497 e. The molecule has 4 aromatic rings. The molecule has 6 nitrogen and oxygen atoms in total. The van der Waals surface area contributed by atoms with Crippen molar-refractivity contribution in [2.75, 3.05) is 12.4 Å². The summed E-state index contributed by atoms with van der Waals surface area (Å²) in [5, 5.41) is 3.07. The fourth-order valence-electron chi connectivity index (χ4n) is 2.75. The fourth-order valence-corrected chi connectivity index (χ4v) is 2.75. The number of aromatic nitrogens is 4. The monoisotopic (exact) mass is 349 g/mol. The van der Waals surface area contributed by atoms with Crippen molar-refractivity contribution >= 4 is 22.7 Å². The van der Waals surface area contributed by atoms with Crippen LogP contribution in [0, 0.1) is 5.82 Å². The van der Waals surface area contributed by atoms with E-state index in [2.05, 4.69) is 20.3 Å². The van der Waals surface area contributed by atoms with Gasteiger partial charge in [0.15, 0.2) is 5.82 Å². The first-order valence-corrected chi connectivity index (χ1v) is 8.00.